The quantitative estimate of drug-likeness (QED) is 0.491. The summed E-state index contributed by atoms with van der Waals surface area (Å²) in [6.45, 7) is 0. The Morgan fingerprint density at radius 2 is 1.66 bits per heavy atom. The molecule has 0 aliphatic heterocycles. The molecule has 0 bridgehead atoms. The van der Waals surface area contributed by atoms with Crippen LogP contribution < -0.4 is 4.72 Å². The normalized spacial score (nSPS) is 11.7. The van der Waals surface area contributed by atoms with Crippen molar-refractivity contribution in [1.82, 2.24) is 9.97 Å². The van der Waals surface area contributed by atoms with Gasteiger partial charge in [-0.2, -0.15) is 0 Å². The molecule has 1 heterocycles. The number of aryl methyl sites for hydroxylation is 2. The molecule has 0 amide bonds. The number of imidazole rings is 1. The number of benzene rings is 3. The highest BCUT2D eigenvalue weighted by Crippen LogP contribution is 2.23. The van der Waals surface area contributed by atoms with Gasteiger partial charge in [0.1, 0.15) is 5.82 Å². The predicted octanol–water partition coefficient (Wildman–Crippen LogP) is 4.43. The first kappa shape index (κ1) is 19.1. The number of fused-ring (bicyclic) bond motifs is 1. The zero-order valence-corrected chi connectivity index (χ0v) is 16.0. The summed E-state index contributed by atoms with van der Waals surface area (Å²) in [5, 5.41) is 0. The lowest BCUT2D eigenvalue weighted by Crippen LogP contribution is -2.15. The molecule has 2 N–H and O–H groups in total. The number of H-pyrrole nitrogens is 1. The molecule has 4 aromatic rings. The molecule has 8 heteroatoms. The van der Waals surface area contributed by atoms with Crippen molar-refractivity contribution >= 4 is 26.7 Å². The van der Waals surface area contributed by atoms with E-state index >= 15 is 0 Å². The van der Waals surface area contributed by atoms with Crippen molar-refractivity contribution in [3.05, 3.63) is 89.8 Å². The Hall–Kier alpha value is -3.26. The van der Waals surface area contributed by atoms with Crippen LogP contribution in [0.25, 0.3) is 11.0 Å². The van der Waals surface area contributed by atoms with Crippen LogP contribution in [0.4, 0.5) is 14.5 Å². The number of hydrogen-bond donors (Lipinski definition) is 2. The molecule has 4 rings (SSSR count). The number of para-hydroxylation sites is 3. The van der Waals surface area contributed by atoms with Gasteiger partial charge in [-0.3, -0.25) is 4.72 Å². The number of anilines is 1. The molecule has 148 valence electrons. The van der Waals surface area contributed by atoms with Gasteiger partial charge >= 0.3 is 0 Å². The van der Waals surface area contributed by atoms with Gasteiger partial charge in [0.2, 0.25) is 0 Å². The molecule has 0 radical (unpaired) electrons. The van der Waals surface area contributed by atoms with E-state index in [2.05, 4.69) is 14.7 Å². The average Bonchev–Trinajstić information content (AvgIpc) is 3.12. The molecule has 3 aromatic carbocycles. The van der Waals surface area contributed by atoms with Gasteiger partial charge in [-0.25, -0.2) is 22.2 Å². The van der Waals surface area contributed by atoms with Crippen molar-refractivity contribution in [1.29, 1.82) is 0 Å². The van der Waals surface area contributed by atoms with E-state index in [1.807, 2.05) is 36.4 Å². The number of rotatable bonds is 6. The Labute approximate surface area is 166 Å². The zero-order chi connectivity index (χ0) is 20.4. The lowest BCUT2D eigenvalue weighted by atomic mass is 10.1. The summed E-state index contributed by atoms with van der Waals surface area (Å²) < 4.78 is 54.2. The van der Waals surface area contributed by atoms with E-state index in [0.717, 1.165) is 34.6 Å². The molecule has 0 atom stereocenters. The lowest BCUT2D eigenvalue weighted by Gasteiger charge is -2.12. The van der Waals surface area contributed by atoms with E-state index in [4.69, 9.17) is 0 Å². The maximum atomic E-state index is 13.4. The van der Waals surface area contributed by atoms with Crippen molar-refractivity contribution in [2.75, 3.05) is 4.72 Å². The first-order chi connectivity index (χ1) is 13.9. The lowest BCUT2D eigenvalue weighted by molar-refractivity contribution is 0.504. The molecule has 0 saturated heterocycles. The van der Waals surface area contributed by atoms with E-state index in [-0.39, 0.29) is 4.90 Å². The van der Waals surface area contributed by atoms with Crippen molar-refractivity contribution in [3.63, 3.8) is 0 Å². The van der Waals surface area contributed by atoms with Crippen molar-refractivity contribution in [2.24, 2.45) is 0 Å². The highest BCUT2D eigenvalue weighted by molar-refractivity contribution is 7.92. The van der Waals surface area contributed by atoms with Crippen LogP contribution in [0.15, 0.2) is 71.6 Å². The monoisotopic (exact) mass is 413 g/mol. The largest absolute Gasteiger partial charge is 0.342 e. The smallest absolute Gasteiger partial charge is 0.262 e. The van der Waals surface area contributed by atoms with Gasteiger partial charge in [-0.1, -0.05) is 30.3 Å². The van der Waals surface area contributed by atoms with E-state index in [1.54, 1.807) is 12.1 Å². The third-order valence-electron chi connectivity index (χ3n) is 4.53. The van der Waals surface area contributed by atoms with Crippen LogP contribution in [0.5, 0.6) is 0 Å². The highest BCUT2D eigenvalue weighted by atomic mass is 32.2. The van der Waals surface area contributed by atoms with Crippen molar-refractivity contribution < 1.29 is 17.2 Å². The van der Waals surface area contributed by atoms with Gasteiger partial charge < -0.3 is 4.98 Å². The molecule has 29 heavy (non-hydrogen) atoms. The summed E-state index contributed by atoms with van der Waals surface area (Å²) in [5.41, 5.74) is 2.96. The third kappa shape index (κ3) is 4.12. The summed E-state index contributed by atoms with van der Waals surface area (Å²) in [6, 6.07) is 17.1. The minimum Gasteiger partial charge on any atom is -0.342 e. The van der Waals surface area contributed by atoms with E-state index in [9.17, 15) is 17.2 Å². The Kier molecular flexibility index (Phi) is 5.02. The van der Waals surface area contributed by atoms with Gasteiger partial charge in [0.25, 0.3) is 10.0 Å². The first-order valence-corrected chi connectivity index (χ1v) is 10.4. The maximum Gasteiger partial charge on any atom is 0.262 e. The Morgan fingerprint density at radius 3 is 2.45 bits per heavy atom. The summed E-state index contributed by atoms with van der Waals surface area (Å²) >= 11 is 0. The second kappa shape index (κ2) is 7.63. The third-order valence-corrected chi connectivity index (χ3v) is 5.90. The molecule has 0 saturated carbocycles. The van der Waals surface area contributed by atoms with Crippen LogP contribution in [0.1, 0.15) is 11.4 Å². The van der Waals surface area contributed by atoms with Gasteiger partial charge in [0.05, 0.1) is 21.6 Å². The van der Waals surface area contributed by atoms with Gasteiger partial charge in [0, 0.05) is 6.42 Å². The number of aromatic amines is 1. The van der Waals surface area contributed by atoms with Crippen LogP contribution >= 0.6 is 0 Å². The standard InChI is InChI=1S/C21H17F2N3O2S/c22-16-11-10-15(13-17(16)23)29(27,28)26-18-6-2-1-5-14(18)9-12-21-24-19-7-3-4-8-20(19)25-21/h1-8,10-11,13,26H,9,12H2,(H,24,25). The number of hydrogen-bond acceptors (Lipinski definition) is 3. The minimum absolute atomic E-state index is 0.344. The topological polar surface area (TPSA) is 74.8 Å². The number of aromatic nitrogens is 2. The molecule has 0 fully saturated rings. The summed E-state index contributed by atoms with van der Waals surface area (Å²) in [4.78, 5) is 7.43. The number of sulfonamides is 1. The molecule has 0 aliphatic rings. The zero-order valence-electron chi connectivity index (χ0n) is 15.2. The second-order valence-electron chi connectivity index (χ2n) is 6.54. The molecule has 0 spiro atoms. The van der Waals surface area contributed by atoms with Gasteiger partial charge in [0.15, 0.2) is 11.6 Å². The number of nitrogens with zero attached hydrogens (tertiary/aromatic N) is 1. The fourth-order valence-electron chi connectivity index (χ4n) is 3.06. The summed E-state index contributed by atoms with van der Waals surface area (Å²) in [5.74, 6) is -1.52. The van der Waals surface area contributed by atoms with E-state index < -0.39 is 21.7 Å². The van der Waals surface area contributed by atoms with Gasteiger partial charge in [-0.15, -0.1) is 0 Å². The number of nitrogens with one attached hydrogen (secondary N) is 2. The minimum atomic E-state index is -4.06. The van der Waals surface area contributed by atoms with Crippen LogP contribution in [0.3, 0.4) is 0 Å². The highest BCUT2D eigenvalue weighted by Gasteiger charge is 2.18. The van der Waals surface area contributed by atoms with Gasteiger partial charge in [-0.05, 0) is 48.4 Å². The summed E-state index contributed by atoms with van der Waals surface area (Å²) in [6.07, 6.45) is 1.12. The average molecular weight is 413 g/mol. The first-order valence-electron chi connectivity index (χ1n) is 8.92. The van der Waals surface area contributed by atoms with Crippen LogP contribution in [-0.4, -0.2) is 18.4 Å². The number of halogens is 2. The van der Waals surface area contributed by atoms with Crippen molar-refractivity contribution in [2.45, 2.75) is 17.7 Å². The Bertz CT molecular complexity index is 1250. The van der Waals surface area contributed by atoms with Crippen LogP contribution in [-0.2, 0) is 22.9 Å². The molecular formula is C21H17F2N3O2S. The molecule has 1 aromatic heterocycles. The van der Waals surface area contributed by atoms with Crippen LogP contribution in [0, 0.1) is 11.6 Å². The fraction of sp³-hybridized carbons (Fsp3) is 0.0952. The maximum absolute atomic E-state index is 13.4. The Balaban J connectivity index is 1.55. The van der Waals surface area contributed by atoms with E-state index in [1.165, 1.54) is 0 Å². The molecule has 5 nitrogen and oxygen atoms in total. The van der Waals surface area contributed by atoms with Crippen LogP contribution in [0.2, 0.25) is 0 Å². The predicted molar refractivity (Wildman–Crippen MR) is 107 cm³/mol. The molecule has 0 unspecified atom stereocenters. The SMILES string of the molecule is O=S(=O)(Nc1ccccc1CCc1nc2ccccc2[nH]1)c1ccc(F)c(F)c1. The Morgan fingerprint density at radius 1 is 0.897 bits per heavy atom. The molecular weight excluding hydrogens is 396 g/mol. The second-order valence-corrected chi connectivity index (χ2v) is 8.22. The fourth-order valence-corrected chi connectivity index (χ4v) is 4.17. The van der Waals surface area contributed by atoms with E-state index in [0.29, 0.717) is 24.6 Å². The summed E-state index contributed by atoms with van der Waals surface area (Å²) in [7, 11) is -4.06. The molecule has 0 aliphatic carbocycles. The van der Waals surface area contributed by atoms with Crippen molar-refractivity contribution in [3.8, 4) is 0 Å².